The van der Waals surface area contributed by atoms with Crippen LogP contribution in [0.3, 0.4) is 0 Å². The molecule has 5 nitrogen and oxygen atoms in total. The Morgan fingerprint density at radius 3 is 2.76 bits per heavy atom. The van der Waals surface area contributed by atoms with Crippen molar-refractivity contribution >= 4 is 44.9 Å². The average Bonchev–Trinajstić information content (AvgIpc) is 3.30. The van der Waals surface area contributed by atoms with E-state index < -0.39 is 0 Å². The lowest BCUT2D eigenvalue weighted by Crippen LogP contribution is -2.13. The van der Waals surface area contributed by atoms with E-state index in [1.807, 2.05) is 48.5 Å². The zero-order valence-electron chi connectivity index (χ0n) is 13.1. The fraction of sp³-hybridized carbons (Fsp3) is 0.0556. The molecule has 0 saturated carbocycles. The normalized spacial score (nSPS) is 10.9. The molecular weight excluding hydrogens is 352 g/mol. The van der Waals surface area contributed by atoms with Gasteiger partial charge in [0, 0.05) is 23.6 Å². The SMILES string of the molecule is O=C(CSc1nc2ccccc2s1)Nc1ccc(-c2ncc[nH]2)cc1. The predicted octanol–water partition coefficient (Wildman–Crippen LogP) is 4.42. The third-order valence-electron chi connectivity index (χ3n) is 3.54. The summed E-state index contributed by atoms with van der Waals surface area (Å²) in [7, 11) is 0. The van der Waals surface area contributed by atoms with Gasteiger partial charge in [0.25, 0.3) is 0 Å². The van der Waals surface area contributed by atoms with Gasteiger partial charge in [0.2, 0.25) is 5.91 Å². The second-order valence-electron chi connectivity index (χ2n) is 5.30. The van der Waals surface area contributed by atoms with E-state index in [4.69, 9.17) is 0 Å². The molecule has 2 aromatic carbocycles. The molecule has 0 aliphatic carbocycles. The number of hydrogen-bond acceptors (Lipinski definition) is 5. The second-order valence-corrected chi connectivity index (χ2v) is 7.55. The number of aromatic amines is 1. The number of carbonyl (C=O) groups excluding carboxylic acids is 1. The molecule has 2 aromatic heterocycles. The smallest absolute Gasteiger partial charge is 0.234 e. The second kappa shape index (κ2) is 7.08. The Kier molecular flexibility index (Phi) is 4.49. The summed E-state index contributed by atoms with van der Waals surface area (Å²) in [6.07, 6.45) is 3.49. The summed E-state index contributed by atoms with van der Waals surface area (Å²) in [5.41, 5.74) is 2.72. The Labute approximate surface area is 152 Å². The molecule has 0 spiro atoms. The molecule has 0 aliphatic heterocycles. The van der Waals surface area contributed by atoms with E-state index in [2.05, 4.69) is 20.3 Å². The van der Waals surface area contributed by atoms with E-state index in [0.717, 1.165) is 31.6 Å². The van der Waals surface area contributed by atoms with Gasteiger partial charge in [-0.15, -0.1) is 11.3 Å². The highest BCUT2D eigenvalue weighted by atomic mass is 32.2. The van der Waals surface area contributed by atoms with Crippen LogP contribution in [0.15, 0.2) is 65.3 Å². The standard InChI is InChI=1S/C18H14N4OS2/c23-16(11-24-18-22-14-3-1-2-4-15(14)25-18)21-13-7-5-12(6-8-13)17-19-9-10-20-17/h1-10H,11H2,(H,19,20)(H,21,23). The van der Waals surface area contributed by atoms with Crippen LogP contribution in [0.1, 0.15) is 0 Å². The van der Waals surface area contributed by atoms with Gasteiger partial charge in [0.05, 0.1) is 16.0 Å². The number of H-pyrrole nitrogens is 1. The fourth-order valence-electron chi connectivity index (χ4n) is 2.37. The molecule has 7 heteroatoms. The van der Waals surface area contributed by atoms with E-state index in [1.54, 1.807) is 23.7 Å². The number of benzene rings is 2. The Balaban J connectivity index is 1.35. The number of nitrogens with zero attached hydrogens (tertiary/aromatic N) is 2. The van der Waals surface area contributed by atoms with Crippen molar-refractivity contribution in [3.8, 4) is 11.4 Å². The number of imidazole rings is 1. The van der Waals surface area contributed by atoms with Crippen molar-refractivity contribution in [2.45, 2.75) is 4.34 Å². The van der Waals surface area contributed by atoms with E-state index >= 15 is 0 Å². The molecule has 1 amide bonds. The van der Waals surface area contributed by atoms with Crippen LogP contribution in [0.4, 0.5) is 5.69 Å². The number of hydrogen-bond donors (Lipinski definition) is 2. The van der Waals surface area contributed by atoms with E-state index in [0.29, 0.717) is 5.75 Å². The monoisotopic (exact) mass is 366 g/mol. The van der Waals surface area contributed by atoms with Gasteiger partial charge >= 0.3 is 0 Å². The number of aromatic nitrogens is 3. The number of anilines is 1. The molecule has 2 N–H and O–H groups in total. The molecule has 2 heterocycles. The van der Waals surface area contributed by atoms with Crippen LogP contribution in [0.2, 0.25) is 0 Å². The molecule has 0 aliphatic rings. The van der Waals surface area contributed by atoms with Crippen molar-refractivity contribution in [1.82, 2.24) is 15.0 Å². The third kappa shape index (κ3) is 3.72. The average molecular weight is 366 g/mol. The summed E-state index contributed by atoms with van der Waals surface area (Å²) in [4.78, 5) is 23.9. The molecule has 4 aromatic rings. The molecule has 0 saturated heterocycles. The highest BCUT2D eigenvalue weighted by molar-refractivity contribution is 8.01. The number of fused-ring (bicyclic) bond motifs is 1. The number of carbonyl (C=O) groups is 1. The third-order valence-corrected chi connectivity index (χ3v) is 5.72. The maximum absolute atomic E-state index is 12.1. The van der Waals surface area contributed by atoms with Gasteiger partial charge < -0.3 is 10.3 Å². The van der Waals surface area contributed by atoms with Crippen molar-refractivity contribution in [2.75, 3.05) is 11.1 Å². The minimum Gasteiger partial charge on any atom is -0.345 e. The van der Waals surface area contributed by atoms with Crippen molar-refractivity contribution in [2.24, 2.45) is 0 Å². The van der Waals surface area contributed by atoms with Crippen molar-refractivity contribution in [1.29, 1.82) is 0 Å². The molecule has 0 atom stereocenters. The van der Waals surface area contributed by atoms with Crippen LogP contribution >= 0.6 is 23.1 Å². The largest absolute Gasteiger partial charge is 0.345 e. The first kappa shape index (κ1) is 15.9. The summed E-state index contributed by atoms with van der Waals surface area (Å²) in [5.74, 6) is 1.10. The lowest BCUT2D eigenvalue weighted by molar-refractivity contribution is -0.113. The highest BCUT2D eigenvalue weighted by Gasteiger charge is 2.08. The van der Waals surface area contributed by atoms with Crippen molar-refractivity contribution < 1.29 is 4.79 Å². The number of rotatable bonds is 5. The van der Waals surface area contributed by atoms with Crippen LogP contribution in [0, 0.1) is 0 Å². The molecule has 0 unspecified atom stereocenters. The van der Waals surface area contributed by atoms with E-state index in [9.17, 15) is 4.79 Å². The van der Waals surface area contributed by atoms with Crippen molar-refractivity contribution in [3.63, 3.8) is 0 Å². The molecule has 0 bridgehead atoms. The summed E-state index contributed by atoms with van der Waals surface area (Å²) in [6.45, 7) is 0. The summed E-state index contributed by atoms with van der Waals surface area (Å²) in [5, 5.41) is 2.90. The number of nitrogens with one attached hydrogen (secondary N) is 2. The topological polar surface area (TPSA) is 70.7 Å². The van der Waals surface area contributed by atoms with Gasteiger partial charge in [-0.1, -0.05) is 23.9 Å². The Morgan fingerprint density at radius 1 is 1.16 bits per heavy atom. The number of thioether (sulfide) groups is 1. The number of amides is 1. The Morgan fingerprint density at radius 2 is 2.00 bits per heavy atom. The predicted molar refractivity (Wildman–Crippen MR) is 103 cm³/mol. The van der Waals surface area contributed by atoms with Gasteiger partial charge in [0.1, 0.15) is 5.82 Å². The van der Waals surface area contributed by atoms with Crippen LogP contribution in [0.5, 0.6) is 0 Å². The number of para-hydroxylation sites is 1. The van der Waals surface area contributed by atoms with Gasteiger partial charge in [-0.05, 0) is 36.4 Å². The van der Waals surface area contributed by atoms with Gasteiger partial charge in [0.15, 0.2) is 4.34 Å². The van der Waals surface area contributed by atoms with Gasteiger partial charge in [-0.2, -0.15) is 0 Å². The minimum absolute atomic E-state index is 0.0463. The van der Waals surface area contributed by atoms with Gasteiger partial charge in [-0.25, -0.2) is 9.97 Å². The fourth-order valence-corrected chi connectivity index (χ4v) is 4.24. The molecule has 124 valence electrons. The Hall–Kier alpha value is -2.64. The molecule has 0 fully saturated rings. The van der Waals surface area contributed by atoms with Crippen LogP contribution in [0.25, 0.3) is 21.6 Å². The molecule has 25 heavy (non-hydrogen) atoms. The zero-order chi connectivity index (χ0) is 17.1. The molecular formula is C18H14N4OS2. The quantitative estimate of drug-likeness (QED) is 0.513. The number of thiazole rings is 1. The Bertz CT molecular complexity index is 961. The van der Waals surface area contributed by atoms with Crippen LogP contribution in [-0.2, 0) is 4.79 Å². The first-order chi connectivity index (χ1) is 12.3. The summed E-state index contributed by atoms with van der Waals surface area (Å²) >= 11 is 3.06. The van der Waals surface area contributed by atoms with E-state index in [1.165, 1.54) is 11.8 Å². The lowest BCUT2D eigenvalue weighted by atomic mass is 10.2. The minimum atomic E-state index is -0.0463. The molecule has 4 rings (SSSR count). The lowest BCUT2D eigenvalue weighted by Gasteiger charge is -2.05. The summed E-state index contributed by atoms with van der Waals surface area (Å²) < 4.78 is 2.04. The maximum Gasteiger partial charge on any atom is 0.234 e. The summed E-state index contributed by atoms with van der Waals surface area (Å²) in [6, 6.07) is 15.6. The zero-order valence-corrected chi connectivity index (χ0v) is 14.7. The van der Waals surface area contributed by atoms with Crippen molar-refractivity contribution in [3.05, 3.63) is 60.9 Å². The first-order valence-electron chi connectivity index (χ1n) is 7.66. The van der Waals surface area contributed by atoms with Crippen LogP contribution < -0.4 is 5.32 Å². The maximum atomic E-state index is 12.1. The van der Waals surface area contributed by atoms with Gasteiger partial charge in [-0.3, -0.25) is 4.79 Å². The van der Waals surface area contributed by atoms with E-state index in [-0.39, 0.29) is 5.91 Å². The first-order valence-corrected chi connectivity index (χ1v) is 9.46. The molecule has 0 radical (unpaired) electrons. The highest BCUT2D eigenvalue weighted by Crippen LogP contribution is 2.29. The van der Waals surface area contributed by atoms with Crippen LogP contribution in [-0.4, -0.2) is 26.6 Å².